The van der Waals surface area contributed by atoms with Gasteiger partial charge in [0, 0.05) is 31.5 Å². The third kappa shape index (κ3) is 3.87. The summed E-state index contributed by atoms with van der Waals surface area (Å²) in [5.41, 5.74) is 3.76. The Morgan fingerprint density at radius 2 is 2.11 bits per heavy atom. The predicted octanol–water partition coefficient (Wildman–Crippen LogP) is 2.95. The van der Waals surface area contributed by atoms with Gasteiger partial charge in [-0.05, 0) is 29.3 Å². The number of fused-ring (bicyclic) bond motifs is 1. The maximum Gasteiger partial charge on any atom is 0.253 e. The molecule has 0 bridgehead atoms. The first-order valence-electron chi connectivity index (χ1n) is 9.16. The Kier molecular flexibility index (Phi) is 5.30. The molecule has 0 saturated carbocycles. The topological polar surface area (TPSA) is 73.3 Å². The van der Waals surface area contributed by atoms with E-state index in [-0.39, 0.29) is 12.0 Å². The fourth-order valence-corrected chi connectivity index (χ4v) is 3.37. The smallest absolute Gasteiger partial charge is 0.253 e. The number of methoxy groups -OCH3 is 1. The molecule has 6 heteroatoms. The molecular weight excluding hydrogens is 354 g/mol. The second-order valence-electron chi connectivity index (χ2n) is 6.63. The molecule has 2 heterocycles. The van der Waals surface area contributed by atoms with Crippen LogP contribution in [0.2, 0.25) is 0 Å². The van der Waals surface area contributed by atoms with E-state index in [0.717, 1.165) is 34.6 Å². The number of carbonyl (C=O) groups is 1. The summed E-state index contributed by atoms with van der Waals surface area (Å²) in [4.78, 5) is 21.0. The molecule has 2 unspecified atom stereocenters. The molecule has 1 N–H and O–H groups in total. The van der Waals surface area contributed by atoms with Crippen molar-refractivity contribution in [3.05, 3.63) is 78.2 Å². The lowest BCUT2D eigenvalue weighted by atomic mass is 10.0. The zero-order chi connectivity index (χ0) is 19.3. The first-order valence-corrected chi connectivity index (χ1v) is 9.16. The van der Waals surface area contributed by atoms with Crippen molar-refractivity contribution in [1.29, 1.82) is 0 Å². The van der Waals surface area contributed by atoms with Crippen LogP contribution in [-0.2, 0) is 16.0 Å². The minimum Gasteiger partial charge on any atom is -0.488 e. The van der Waals surface area contributed by atoms with E-state index in [1.54, 1.807) is 18.6 Å². The number of benzene rings is 2. The number of rotatable bonds is 6. The third-order valence-electron chi connectivity index (χ3n) is 4.74. The first kappa shape index (κ1) is 18.1. The Labute approximate surface area is 163 Å². The zero-order valence-corrected chi connectivity index (χ0v) is 15.5. The van der Waals surface area contributed by atoms with Gasteiger partial charge in [-0.2, -0.15) is 0 Å². The minimum atomic E-state index is -0.631. The number of amides is 1. The fourth-order valence-electron chi connectivity index (χ4n) is 3.37. The van der Waals surface area contributed by atoms with Gasteiger partial charge in [0.2, 0.25) is 0 Å². The number of ether oxygens (including phenoxy) is 2. The van der Waals surface area contributed by atoms with Crippen LogP contribution in [-0.4, -0.2) is 35.6 Å². The van der Waals surface area contributed by atoms with Crippen molar-refractivity contribution in [3.63, 3.8) is 0 Å². The molecule has 1 amide bonds. The van der Waals surface area contributed by atoms with Crippen LogP contribution in [0.15, 0.2) is 67.1 Å². The SMILES string of the molecule is COC(C(=O)NCC1Cc2cc(-c3cnccn3)ccc2O1)c1ccccc1. The van der Waals surface area contributed by atoms with Gasteiger partial charge in [0.1, 0.15) is 11.9 Å². The van der Waals surface area contributed by atoms with Crippen molar-refractivity contribution in [1.82, 2.24) is 15.3 Å². The van der Waals surface area contributed by atoms with Gasteiger partial charge in [0.05, 0.1) is 18.4 Å². The van der Waals surface area contributed by atoms with Crippen LogP contribution < -0.4 is 10.1 Å². The zero-order valence-electron chi connectivity index (χ0n) is 15.5. The largest absolute Gasteiger partial charge is 0.488 e. The standard InChI is InChI=1S/C22H21N3O3/c1-27-21(15-5-3-2-4-6-15)22(26)25-13-18-12-17-11-16(7-8-20(17)28-18)19-14-23-9-10-24-19/h2-11,14,18,21H,12-13H2,1H3,(H,25,26). The highest BCUT2D eigenvalue weighted by Gasteiger charge is 2.26. The summed E-state index contributed by atoms with van der Waals surface area (Å²) < 4.78 is 11.3. The van der Waals surface area contributed by atoms with E-state index in [1.165, 1.54) is 7.11 Å². The van der Waals surface area contributed by atoms with E-state index in [0.29, 0.717) is 6.54 Å². The van der Waals surface area contributed by atoms with E-state index in [1.807, 2.05) is 42.5 Å². The Bertz CT molecular complexity index is 948. The Morgan fingerprint density at radius 3 is 2.86 bits per heavy atom. The summed E-state index contributed by atoms with van der Waals surface area (Å²) >= 11 is 0. The Hall–Kier alpha value is -3.25. The minimum absolute atomic E-state index is 0.107. The van der Waals surface area contributed by atoms with Gasteiger partial charge in [-0.3, -0.25) is 14.8 Å². The summed E-state index contributed by atoms with van der Waals surface area (Å²) in [6, 6.07) is 15.4. The molecule has 0 aliphatic carbocycles. The lowest BCUT2D eigenvalue weighted by molar-refractivity contribution is -0.131. The first-order chi connectivity index (χ1) is 13.7. The summed E-state index contributed by atoms with van der Waals surface area (Å²) in [6.07, 6.45) is 5.06. The van der Waals surface area contributed by atoms with Crippen LogP contribution in [0, 0.1) is 0 Å². The van der Waals surface area contributed by atoms with Gasteiger partial charge in [-0.15, -0.1) is 0 Å². The predicted molar refractivity (Wildman–Crippen MR) is 105 cm³/mol. The number of nitrogens with zero attached hydrogens (tertiary/aromatic N) is 2. The van der Waals surface area contributed by atoms with Crippen molar-refractivity contribution in [2.45, 2.75) is 18.6 Å². The van der Waals surface area contributed by atoms with Crippen LogP contribution in [0.3, 0.4) is 0 Å². The summed E-state index contributed by atoms with van der Waals surface area (Å²) in [7, 11) is 1.53. The number of hydrogen-bond donors (Lipinski definition) is 1. The molecule has 2 atom stereocenters. The maximum atomic E-state index is 12.5. The fraction of sp³-hybridized carbons (Fsp3) is 0.227. The molecule has 3 aromatic rings. The van der Waals surface area contributed by atoms with Crippen molar-refractivity contribution in [2.24, 2.45) is 0 Å². The molecule has 6 nitrogen and oxygen atoms in total. The molecule has 0 saturated heterocycles. The van der Waals surface area contributed by atoms with E-state index >= 15 is 0 Å². The lowest BCUT2D eigenvalue weighted by Crippen LogP contribution is -2.37. The summed E-state index contributed by atoms with van der Waals surface area (Å²) in [6.45, 7) is 0.417. The van der Waals surface area contributed by atoms with Gasteiger partial charge in [0.25, 0.3) is 5.91 Å². The van der Waals surface area contributed by atoms with Crippen LogP contribution in [0.5, 0.6) is 5.75 Å². The quantitative estimate of drug-likeness (QED) is 0.717. The second kappa shape index (κ2) is 8.19. The van der Waals surface area contributed by atoms with E-state index in [9.17, 15) is 4.79 Å². The van der Waals surface area contributed by atoms with E-state index in [2.05, 4.69) is 21.4 Å². The summed E-state index contributed by atoms with van der Waals surface area (Å²) in [5, 5.41) is 2.94. The third-order valence-corrected chi connectivity index (χ3v) is 4.74. The number of hydrogen-bond acceptors (Lipinski definition) is 5. The molecular formula is C22H21N3O3. The molecule has 0 fully saturated rings. The maximum absolute atomic E-state index is 12.5. The van der Waals surface area contributed by atoms with Crippen molar-refractivity contribution < 1.29 is 14.3 Å². The second-order valence-corrected chi connectivity index (χ2v) is 6.63. The highest BCUT2D eigenvalue weighted by molar-refractivity contribution is 5.82. The van der Waals surface area contributed by atoms with Crippen LogP contribution in [0.4, 0.5) is 0 Å². The van der Waals surface area contributed by atoms with Crippen LogP contribution in [0.1, 0.15) is 17.2 Å². The normalized spacial score (nSPS) is 16.1. The molecule has 1 aromatic heterocycles. The van der Waals surface area contributed by atoms with Crippen molar-refractivity contribution in [3.8, 4) is 17.0 Å². The number of nitrogens with one attached hydrogen (secondary N) is 1. The van der Waals surface area contributed by atoms with Crippen LogP contribution >= 0.6 is 0 Å². The molecule has 1 aliphatic heterocycles. The average Bonchev–Trinajstić information content (AvgIpc) is 3.16. The molecule has 142 valence electrons. The lowest BCUT2D eigenvalue weighted by Gasteiger charge is -2.17. The Morgan fingerprint density at radius 1 is 1.25 bits per heavy atom. The number of carbonyl (C=O) groups excluding carboxylic acids is 1. The Balaban J connectivity index is 1.38. The van der Waals surface area contributed by atoms with Crippen molar-refractivity contribution >= 4 is 5.91 Å². The van der Waals surface area contributed by atoms with E-state index in [4.69, 9.17) is 9.47 Å². The highest BCUT2D eigenvalue weighted by Crippen LogP contribution is 2.32. The van der Waals surface area contributed by atoms with Gasteiger partial charge in [-0.1, -0.05) is 30.3 Å². The van der Waals surface area contributed by atoms with Gasteiger partial charge >= 0.3 is 0 Å². The molecule has 1 aliphatic rings. The highest BCUT2D eigenvalue weighted by atomic mass is 16.5. The average molecular weight is 375 g/mol. The molecule has 28 heavy (non-hydrogen) atoms. The van der Waals surface area contributed by atoms with Gasteiger partial charge in [0.15, 0.2) is 6.10 Å². The molecule has 0 spiro atoms. The van der Waals surface area contributed by atoms with Crippen LogP contribution in [0.25, 0.3) is 11.3 Å². The van der Waals surface area contributed by atoms with Gasteiger partial charge < -0.3 is 14.8 Å². The molecule has 0 radical (unpaired) electrons. The molecule has 2 aromatic carbocycles. The monoisotopic (exact) mass is 375 g/mol. The summed E-state index contributed by atoms with van der Waals surface area (Å²) in [5.74, 6) is 0.673. The van der Waals surface area contributed by atoms with E-state index < -0.39 is 6.10 Å². The number of aromatic nitrogens is 2. The molecule has 4 rings (SSSR count). The van der Waals surface area contributed by atoms with Crippen molar-refractivity contribution in [2.75, 3.05) is 13.7 Å². The van der Waals surface area contributed by atoms with Gasteiger partial charge in [-0.25, -0.2) is 0 Å².